The van der Waals surface area contributed by atoms with Crippen molar-refractivity contribution in [1.82, 2.24) is 0 Å². The third-order valence-corrected chi connectivity index (χ3v) is 17.7. The number of hydrogen-bond donors (Lipinski definition) is 0. The van der Waals surface area contributed by atoms with Crippen molar-refractivity contribution in [2.24, 2.45) is 0 Å². The minimum atomic E-state index is -0.314. The molecule has 3 aliphatic heterocycles. The van der Waals surface area contributed by atoms with Gasteiger partial charge in [-0.25, -0.2) is 0 Å². The average molecular weight is 979 g/mol. The highest BCUT2D eigenvalue weighted by molar-refractivity contribution is 6.01. The van der Waals surface area contributed by atoms with E-state index in [0.717, 1.165) is 30.6 Å². The number of nitrogens with zero attached hydrogens (tertiary/aromatic N) is 2. The van der Waals surface area contributed by atoms with Crippen LogP contribution < -0.4 is 9.80 Å². The summed E-state index contributed by atoms with van der Waals surface area (Å²) in [5.74, 6) is 0. The van der Waals surface area contributed by atoms with Gasteiger partial charge in [0.25, 0.3) is 0 Å². The van der Waals surface area contributed by atoms with E-state index in [4.69, 9.17) is 0 Å². The summed E-state index contributed by atoms with van der Waals surface area (Å²) in [5, 5.41) is 2.55. The van der Waals surface area contributed by atoms with Crippen molar-refractivity contribution in [3.63, 3.8) is 0 Å². The highest BCUT2D eigenvalue weighted by Gasteiger charge is 2.52. The van der Waals surface area contributed by atoms with E-state index in [1.165, 1.54) is 123 Å². The number of anilines is 6. The van der Waals surface area contributed by atoms with E-state index >= 15 is 0 Å². The lowest BCUT2D eigenvalue weighted by atomic mass is 9.60. The summed E-state index contributed by atoms with van der Waals surface area (Å²) >= 11 is 0. The molecule has 0 amide bonds. The molecule has 2 nitrogen and oxygen atoms in total. The van der Waals surface area contributed by atoms with Crippen molar-refractivity contribution in [2.45, 2.75) is 77.0 Å². The molecule has 1 aliphatic carbocycles. The van der Waals surface area contributed by atoms with Gasteiger partial charge in [-0.1, -0.05) is 217 Å². The maximum Gasteiger partial charge on any atom is 0.0544 e. The summed E-state index contributed by atoms with van der Waals surface area (Å²) in [5.41, 5.74) is 28.0. The number of benzene rings is 10. The number of allylic oxidation sites excluding steroid dienone is 2. The quantitative estimate of drug-likeness (QED) is 0.133. The maximum atomic E-state index is 2.70. The first-order chi connectivity index (χ1) is 36.9. The van der Waals surface area contributed by atoms with Crippen molar-refractivity contribution in [2.75, 3.05) is 9.80 Å². The fourth-order valence-electron chi connectivity index (χ4n) is 13.5. The van der Waals surface area contributed by atoms with Crippen LogP contribution in [-0.4, -0.2) is 0 Å². The first-order valence-corrected chi connectivity index (χ1v) is 27.3. The van der Waals surface area contributed by atoms with Crippen molar-refractivity contribution >= 4 is 62.6 Å². The molecule has 14 rings (SSSR count). The van der Waals surface area contributed by atoms with Crippen molar-refractivity contribution in [3.8, 4) is 22.3 Å². The third kappa shape index (κ3) is 7.14. The monoisotopic (exact) mass is 978 g/mol. The molecular weight excluding hydrogens is 917 g/mol. The zero-order valence-corrected chi connectivity index (χ0v) is 44.5. The Bertz CT molecular complexity index is 4010. The molecule has 0 spiro atoms. The fourth-order valence-corrected chi connectivity index (χ4v) is 13.5. The van der Waals surface area contributed by atoms with Crippen LogP contribution in [0, 0.1) is 0 Å². The van der Waals surface area contributed by atoms with Gasteiger partial charge in [0, 0.05) is 33.3 Å². The van der Waals surface area contributed by atoms with Crippen LogP contribution in [0.3, 0.4) is 0 Å². The van der Waals surface area contributed by atoms with E-state index < -0.39 is 0 Å². The summed E-state index contributed by atoms with van der Waals surface area (Å²) in [4.78, 5) is 5.14. The van der Waals surface area contributed by atoms with Crippen LogP contribution in [0.5, 0.6) is 0 Å². The van der Waals surface area contributed by atoms with E-state index in [0.29, 0.717) is 0 Å². The molecule has 10 aromatic carbocycles. The van der Waals surface area contributed by atoms with Crippen LogP contribution in [0.25, 0.3) is 50.8 Å². The Balaban J connectivity index is 0.891. The first-order valence-electron chi connectivity index (χ1n) is 27.3. The van der Waals surface area contributed by atoms with Crippen LogP contribution in [0.2, 0.25) is 0 Å². The molecule has 76 heavy (non-hydrogen) atoms. The molecule has 0 radical (unpaired) electrons. The van der Waals surface area contributed by atoms with Gasteiger partial charge < -0.3 is 9.80 Å². The second-order valence-corrected chi connectivity index (χ2v) is 23.2. The standard InChI is InChI=1S/C74H62N2/c1-72(2)62-31-19-32-63-69(62)76-70-64(72)44-54(50-36-34-49(35-37-50)43-56(42-48-20-9-7-10-21-48)60-30-17-24-52-22-13-15-28-59(52)60)46-66(70)74(5,6)67-47-55(45-65(71(67)76)73(63,3)4)51-38-40-58(41-39-51)75(57-26-11-8-12-27-57)68-33-18-25-53-23-14-16-29-61(53)68/h7-15,17-28,30-41,43-47H,16,29,42H2,1-6H3. The van der Waals surface area contributed by atoms with Gasteiger partial charge in [-0.15, -0.1) is 0 Å². The average Bonchev–Trinajstić information content (AvgIpc) is 3.45. The minimum Gasteiger partial charge on any atom is -0.310 e. The molecule has 0 saturated heterocycles. The smallest absolute Gasteiger partial charge is 0.0544 e. The molecule has 0 bridgehead atoms. The Kier molecular flexibility index (Phi) is 10.5. The highest BCUT2D eigenvalue weighted by atomic mass is 15.2. The molecule has 0 aromatic heterocycles. The Labute approximate surface area is 449 Å². The molecule has 2 heteroatoms. The highest BCUT2D eigenvalue weighted by Crippen LogP contribution is 2.67. The maximum absolute atomic E-state index is 2.70. The molecule has 3 heterocycles. The Hall–Kier alpha value is -8.46. The van der Waals surface area contributed by atoms with Crippen molar-refractivity contribution in [1.29, 1.82) is 0 Å². The van der Waals surface area contributed by atoms with Crippen molar-refractivity contribution in [3.05, 3.63) is 280 Å². The van der Waals surface area contributed by atoms with E-state index in [2.05, 4.69) is 282 Å². The van der Waals surface area contributed by atoms with Crippen LogP contribution in [0.15, 0.2) is 218 Å². The van der Waals surface area contributed by atoms with Crippen LogP contribution in [-0.2, 0) is 29.1 Å². The molecule has 4 aliphatic rings. The summed E-state index contributed by atoms with van der Waals surface area (Å²) < 4.78 is 0. The van der Waals surface area contributed by atoms with Crippen LogP contribution in [0.1, 0.15) is 109 Å². The summed E-state index contributed by atoms with van der Waals surface area (Å²) in [6.07, 6.45) is 9.93. The lowest BCUT2D eigenvalue weighted by molar-refractivity contribution is 0.567. The lowest BCUT2D eigenvalue weighted by Crippen LogP contribution is -2.43. The fraction of sp³-hybridized carbons (Fsp3) is 0.162. The van der Waals surface area contributed by atoms with Crippen molar-refractivity contribution < 1.29 is 0 Å². The van der Waals surface area contributed by atoms with E-state index in [1.807, 2.05) is 0 Å². The molecule has 0 N–H and O–H groups in total. The van der Waals surface area contributed by atoms with Gasteiger partial charge in [0.2, 0.25) is 0 Å². The minimum absolute atomic E-state index is 0.234. The SMILES string of the molecule is CC1(C)c2cccc3c2N2c4c1cc(-c1ccc(C=C(Cc5ccccc5)c5cccc6ccccc56)cc1)cc4C(C)(C)c1cc(-c4ccc(N(c5ccccc5)c5cccc6c5CCC=C6)cc4)cc(c12)C3(C)C. The van der Waals surface area contributed by atoms with E-state index in [-0.39, 0.29) is 16.2 Å². The molecule has 0 atom stereocenters. The topological polar surface area (TPSA) is 6.48 Å². The zero-order valence-electron chi connectivity index (χ0n) is 44.5. The third-order valence-electron chi connectivity index (χ3n) is 17.7. The molecule has 10 aromatic rings. The Morgan fingerprint density at radius 2 is 0.987 bits per heavy atom. The molecule has 0 unspecified atom stereocenters. The predicted molar refractivity (Wildman–Crippen MR) is 322 cm³/mol. The van der Waals surface area contributed by atoms with Gasteiger partial charge in [0.05, 0.1) is 17.1 Å². The molecule has 0 saturated carbocycles. The number of fused-ring (bicyclic) bond motifs is 2. The largest absolute Gasteiger partial charge is 0.310 e. The molecule has 368 valence electrons. The van der Waals surface area contributed by atoms with Gasteiger partial charge in [-0.3, -0.25) is 0 Å². The van der Waals surface area contributed by atoms with Gasteiger partial charge in [-0.2, -0.15) is 0 Å². The molecular formula is C74H62N2. The second kappa shape index (κ2) is 17.3. The summed E-state index contributed by atoms with van der Waals surface area (Å²) in [6.45, 7) is 14.8. The predicted octanol–water partition coefficient (Wildman–Crippen LogP) is 19.8. The van der Waals surface area contributed by atoms with Gasteiger partial charge in [-0.05, 0) is 174 Å². The van der Waals surface area contributed by atoms with E-state index in [9.17, 15) is 0 Å². The summed E-state index contributed by atoms with van der Waals surface area (Å²) in [7, 11) is 0. The zero-order chi connectivity index (χ0) is 51.5. The number of rotatable bonds is 9. The summed E-state index contributed by atoms with van der Waals surface area (Å²) in [6, 6.07) is 79.9. The first kappa shape index (κ1) is 46.1. The van der Waals surface area contributed by atoms with Gasteiger partial charge in [0.15, 0.2) is 0 Å². The van der Waals surface area contributed by atoms with E-state index in [1.54, 1.807) is 0 Å². The Morgan fingerprint density at radius 1 is 0.474 bits per heavy atom. The number of para-hydroxylation sites is 2. The van der Waals surface area contributed by atoms with Crippen LogP contribution >= 0.6 is 0 Å². The second-order valence-electron chi connectivity index (χ2n) is 23.2. The number of hydrogen-bond acceptors (Lipinski definition) is 2. The lowest BCUT2D eigenvalue weighted by Gasteiger charge is -2.55. The Morgan fingerprint density at radius 3 is 1.63 bits per heavy atom. The normalized spacial score (nSPS) is 15.8. The van der Waals surface area contributed by atoms with Crippen LogP contribution in [0.4, 0.5) is 34.1 Å². The molecule has 0 fully saturated rings. The van der Waals surface area contributed by atoms with Gasteiger partial charge >= 0.3 is 0 Å². The van der Waals surface area contributed by atoms with Gasteiger partial charge in [0.1, 0.15) is 0 Å².